The highest BCUT2D eigenvalue weighted by atomic mass is 16.5. The van der Waals surface area contributed by atoms with Crippen LogP contribution < -0.4 is 4.74 Å². The molecule has 2 aromatic carbocycles. The van der Waals surface area contributed by atoms with E-state index >= 15 is 0 Å². The van der Waals surface area contributed by atoms with Crippen LogP contribution in [0.5, 0.6) is 5.75 Å². The van der Waals surface area contributed by atoms with Gasteiger partial charge in [-0.25, -0.2) is 0 Å². The molecule has 0 fully saturated rings. The van der Waals surface area contributed by atoms with Gasteiger partial charge in [0.05, 0.1) is 7.11 Å². The van der Waals surface area contributed by atoms with Crippen molar-refractivity contribution in [3.8, 4) is 28.0 Å². The Labute approximate surface area is 172 Å². The van der Waals surface area contributed by atoms with E-state index in [0.717, 1.165) is 42.0 Å². The molecule has 0 radical (unpaired) electrons. The van der Waals surface area contributed by atoms with Crippen molar-refractivity contribution in [3.63, 3.8) is 0 Å². The molecule has 0 amide bonds. The van der Waals surface area contributed by atoms with Crippen molar-refractivity contribution < 1.29 is 4.74 Å². The Hall–Kier alpha value is -3.11. The van der Waals surface area contributed by atoms with E-state index in [4.69, 9.17) is 4.74 Å². The first-order valence-electron chi connectivity index (χ1n) is 9.98. The van der Waals surface area contributed by atoms with Crippen LogP contribution in [0.15, 0.2) is 73.2 Å². The van der Waals surface area contributed by atoms with E-state index in [2.05, 4.69) is 71.1 Å². The molecule has 4 aromatic rings. The van der Waals surface area contributed by atoms with Crippen molar-refractivity contribution in [2.75, 3.05) is 27.7 Å². The number of pyridine rings is 1. The summed E-state index contributed by atoms with van der Waals surface area (Å²) in [5.41, 5.74) is 5.82. The zero-order valence-corrected chi connectivity index (χ0v) is 17.3. The number of ether oxygens (including phenoxy) is 1. The molecule has 0 N–H and O–H groups in total. The number of benzene rings is 2. The molecule has 29 heavy (non-hydrogen) atoms. The van der Waals surface area contributed by atoms with Crippen LogP contribution in [0.1, 0.15) is 6.42 Å². The normalized spacial score (nSPS) is 11.3. The molecule has 2 aromatic heterocycles. The number of hydrogen-bond acceptors (Lipinski definition) is 3. The Balaban J connectivity index is 1.73. The lowest BCUT2D eigenvalue weighted by molar-refractivity contribution is 0.388. The van der Waals surface area contributed by atoms with Gasteiger partial charge in [0.2, 0.25) is 0 Å². The Morgan fingerprint density at radius 1 is 0.931 bits per heavy atom. The molecule has 0 atom stereocenters. The Morgan fingerprint density at radius 2 is 1.76 bits per heavy atom. The molecule has 4 rings (SSSR count). The number of aromatic nitrogens is 2. The summed E-state index contributed by atoms with van der Waals surface area (Å²) in [5.74, 6) is 0.852. The summed E-state index contributed by atoms with van der Waals surface area (Å²) >= 11 is 0. The SMILES string of the molecule is COc1cccc(-c2cncc(-c3cn(CCCN(C)C)c4ccccc34)c2)c1. The number of para-hydroxylation sites is 1. The maximum absolute atomic E-state index is 5.38. The van der Waals surface area contributed by atoms with E-state index < -0.39 is 0 Å². The Morgan fingerprint density at radius 3 is 2.59 bits per heavy atom. The van der Waals surface area contributed by atoms with Crippen molar-refractivity contribution >= 4 is 10.9 Å². The zero-order valence-electron chi connectivity index (χ0n) is 17.3. The summed E-state index contributed by atoms with van der Waals surface area (Å²) in [6.45, 7) is 2.08. The lowest BCUT2D eigenvalue weighted by Crippen LogP contribution is -2.14. The van der Waals surface area contributed by atoms with Crippen LogP contribution in [-0.2, 0) is 6.54 Å². The zero-order chi connectivity index (χ0) is 20.2. The van der Waals surface area contributed by atoms with E-state index in [1.807, 2.05) is 30.6 Å². The second-order valence-electron chi connectivity index (χ2n) is 7.60. The minimum Gasteiger partial charge on any atom is -0.497 e. The van der Waals surface area contributed by atoms with Gasteiger partial charge in [0.15, 0.2) is 0 Å². The van der Waals surface area contributed by atoms with E-state index in [-0.39, 0.29) is 0 Å². The third kappa shape index (κ3) is 4.17. The lowest BCUT2D eigenvalue weighted by atomic mass is 10.0. The van der Waals surface area contributed by atoms with Gasteiger partial charge in [-0.05, 0) is 56.9 Å². The monoisotopic (exact) mass is 385 g/mol. The average molecular weight is 386 g/mol. The fraction of sp³-hybridized carbons (Fsp3) is 0.240. The summed E-state index contributed by atoms with van der Waals surface area (Å²) in [7, 11) is 5.93. The summed E-state index contributed by atoms with van der Waals surface area (Å²) in [6, 6.07) is 18.9. The molecule has 4 nitrogen and oxygen atoms in total. The highest BCUT2D eigenvalue weighted by Gasteiger charge is 2.11. The van der Waals surface area contributed by atoms with Crippen LogP contribution in [-0.4, -0.2) is 42.2 Å². The molecular weight excluding hydrogens is 358 g/mol. The minimum atomic E-state index is 0.852. The Bertz CT molecular complexity index is 1110. The topological polar surface area (TPSA) is 30.3 Å². The minimum absolute atomic E-state index is 0.852. The molecule has 0 spiro atoms. The van der Waals surface area contributed by atoms with Gasteiger partial charge in [-0.2, -0.15) is 0 Å². The van der Waals surface area contributed by atoms with Crippen molar-refractivity contribution in [1.29, 1.82) is 0 Å². The lowest BCUT2D eigenvalue weighted by Gasteiger charge is -2.10. The summed E-state index contributed by atoms with van der Waals surface area (Å²) < 4.78 is 7.75. The van der Waals surface area contributed by atoms with Crippen molar-refractivity contribution in [1.82, 2.24) is 14.5 Å². The van der Waals surface area contributed by atoms with E-state index in [1.54, 1.807) is 7.11 Å². The van der Waals surface area contributed by atoms with Gasteiger partial charge in [0.1, 0.15) is 5.75 Å². The van der Waals surface area contributed by atoms with Crippen molar-refractivity contribution in [2.45, 2.75) is 13.0 Å². The molecule has 0 saturated carbocycles. The maximum Gasteiger partial charge on any atom is 0.119 e. The largest absolute Gasteiger partial charge is 0.497 e. The van der Waals surface area contributed by atoms with Gasteiger partial charge in [0.25, 0.3) is 0 Å². The first kappa shape index (κ1) is 19.2. The first-order chi connectivity index (χ1) is 14.2. The molecular formula is C25H27N3O. The van der Waals surface area contributed by atoms with Crippen molar-refractivity contribution in [2.24, 2.45) is 0 Å². The first-order valence-corrected chi connectivity index (χ1v) is 9.98. The molecule has 0 aliphatic heterocycles. The van der Waals surface area contributed by atoms with Crippen LogP contribution in [0, 0.1) is 0 Å². The third-order valence-corrected chi connectivity index (χ3v) is 5.25. The fourth-order valence-electron chi connectivity index (χ4n) is 3.77. The maximum atomic E-state index is 5.38. The highest BCUT2D eigenvalue weighted by molar-refractivity contribution is 5.96. The van der Waals surface area contributed by atoms with Gasteiger partial charge < -0.3 is 14.2 Å². The van der Waals surface area contributed by atoms with E-state index in [9.17, 15) is 0 Å². The summed E-state index contributed by atoms with van der Waals surface area (Å²) in [5, 5.41) is 1.27. The Kier molecular flexibility index (Phi) is 5.63. The quantitative estimate of drug-likeness (QED) is 0.431. The van der Waals surface area contributed by atoms with Crippen LogP contribution in [0.4, 0.5) is 0 Å². The number of methoxy groups -OCH3 is 1. The second kappa shape index (κ2) is 8.50. The van der Waals surface area contributed by atoms with E-state index in [0.29, 0.717) is 0 Å². The van der Waals surface area contributed by atoms with Gasteiger partial charge in [-0.3, -0.25) is 4.98 Å². The van der Waals surface area contributed by atoms with Gasteiger partial charge in [0, 0.05) is 52.7 Å². The second-order valence-corrected chi connectivity index (χ2v) is 7.60. The van der Waals surface area contributed by atoms with Gasteiger partial charge in [-0.1, -0.05) is 30.3 Å². The third-order valence-electron chi connectivity index (χ3n) is 5.25. The molecule has 0 saturated heterocycles. The standard InChI is InChI=1S/C25H27N3O/c1-27(2)12-7-13-28-18-24(23-10-4-5-11-25(23)28)21-14-20(16-26-17-21)19-8-6-9-22(15-19)29-3/h4-6,8-11,14-18H,7,12-13H2,1-3H3. The molecule has 0 bridgehead atoms. The highest BCUT2D eigenvalue weighted by Crippen LogP contribution is 2.33. The summed E-state index contributed by atoms with van der Waals surface area (Å²) in [4.78, 5) is 6.77. The summed E-state index contributed by atoms with van der Waals surface area (Å²) in [6.07, 6.45) is 7.25. The number of fused-ring (bicyclic) bond motifs is 1. The molecule has 0 aliphatic rings. The van der Waals surface area contributed by atoms with Crippen LogP contribution in [0.2, 0.25) is 0 Å². The van der Waals surface area contributed by atoms with Gasteiger partial charge >= 0.3 is 0 Å². The fourth-order valence-corrected chi connectivity index (χ4v) is 3.77. The van der Waals surface area contributed by atoms with Crippen LogP contribution in [0.25, 0.3) is 33.2 Å². The van der Waals surface area contributed by atoms with E-state index in [1.165, 1.54) is 16.5 Å². The number of hydrogen-bond donors (Lipinski definition) is 0. The smallest absolute Gasteiger partial charge is 0.119 e. The number of aryl methyl sites for hydroxylation is 1. The van der Waals surface area contributed by atoms with Crippen LogP contribution >= 0.6 is 0 Å². The average Bonchev–Trinajstić information content (AvgIpc) is 3.12. The van der Waals surface area contributed by atoms with Crippen LogP contribution in [0.3, 0.4) is 0 Å². The predicted octanol–water partition coefficient (Wildman–Crippen LogP) is 5.33. The molecule has 148 valence electrons. The molecule has 0 unspecified atom stereocenters. The number of rotatable bonds is 7. The van der Waals surface area contributed by atoms with Crippen molar-refractivity contribution in [3.05, 3.63) is 73.2 Å². The molecule has 2 heterocycles. The molecule has 0 aliphatic carbocycles. The molecule has 4 heteroatoms. The van der Waals surface area contributed by atoms with Gasteiger partial charge in [-0.15, -0.1) is 0 Å². The number of nitrogens with zero attached hydrogens (tertiary/aromatic N) is 3. The predicted molar refractivity (Wildman–Crippen MR) is 120 cm³/mol.